The first kappa shape index (κ1) is 20.3. The summed E-state index contributed by atoms with van der Waals surface area (Å²) in [5.74, 6) is -1.20. The third-order valence-electron chi connectivity index (χ3n) is 3.37. The van der Waals surface area contributed by atoms with Gasteiger partial charge in [-0.1, -0.05) is 64.6 Å². The number of amides is 1. The first-order chi connectivity index (χ1) is 12.3. The molecule has 0 radical (unpaired) electrons. The van der Waals surface area contributed by atoms with Gasteiger partial charge in [0, 0.05) is 11.1 Å². The Morgan fingerprint density at radius 2 is 1.77 bits per heavy atom. The number of benzene rings is 2. The molecule has 4 nitrogen and oxygen atoms in total. The van der Waals surface area contributed by atoms with Crippen LogP contribution in [0.4, 0.5) is 5.69 Å². The minimum atomic E-state index is -1.03. The van der Waals surface area contributed by atoms with Gasteiger partial charge in [0.2, 0.25) is 0 Å². The van der Waals surface area contributed by atoms with Gasteiger partial charge in [-0.15, -0.1) is 0 Å². The van der Waals surface area contributed by atoms with Crippen molar-refractivity contribution in [1.29, 1.82) is 0 Å². The highest BCUT2D eigenvalue weighted by molar-refractivity contribution is 6.42. The van der Waals surface area contributed by atoms with Gasteiger partial charge in [-0.25, -0.2) is 4.79 Å². The first-order valence-corrected chi connectivity index (χ1v) is 8.80. The Balaban J connectivity index is 1.97. The van der Waals surface area contributed by atoms with E-state index >= 15 is 0 Å². The molecule has 2 rings (SSSR count). The van der Waals surface area contributed by atoms with Crippen LogP contribution in [0, 0.1) is 6.92 Å². The Morgan fingerprint density at radius 1 is 1.12 bits per heavy atom. The SMILES string of the molecule is Cc1cccc(/C=C/C(=O)O[C@H](C)C(=O)Nc2c(Cl)cc(Cl)cc2Cl)c1. The zero-order valence-corrected chi connectivity index (χ0v) is 16.3. The molecule has 0 spiro atoms. The number of anilines is 1. The summed E-state index contributed by atoms with van der Waals surface area (Å²) in [6.07, 6.45) is 1.85. The summed E-state index contributed by atoms with van der Waals surface area (Å²) < 4.78 is 5.09. The van der Waals surface area contributed by atoms with Crippen molar-refractivity contribution in [3.63, 3.8) is 0 Å². The fourth-order valence-corrected chi connectivity index (χ4v) is 3.00. The minimum Gasteiger partial charge on any atom is -0.449 e. The van der Waals surface area contributed by atoms with E-state index in [9.17, 15) is 9.59 Å². The van der Waals surface area contributed by atoms with Crippen LogP contribution in [0.15, 0.2) is 42.5 Å². The van der Waals surface area contributed by atoms with Crippen LogP contribution in [-0.2, 0) is 14.3 Å². The monoisotopic (exact) mass is 411 g/mol. The summed E-state index contributed by atoms with van der Waals surface area (Å²) in [6.45, 7) is 3.40. The van der Waals surface area contributed by atoms with E-state index in [1.54, 1.807) is 6.08 Å². The molecule has 0 aliphatic rings. The van der Waals surface area contributed by atoms with Gasteiger partial charge in [-0.2, -0.15) is 0 Å². The summed E-state index contributed by atoms with van der Waals surface area (Å²) in [5.41, 5.74) is 2.14. The molecule has 1 amide bonds. The van der Waals surface area contributed by atoms with Crippen molar-refractivity contribution in [3.05, 3.63) is 68.7 Å². The molecule has 0 bridgehead atoms. The number of hydrogen-bond acceptors (Lipinski definition) is 3. The average Bonchev–Trinajstić information content (AvgIpc) is 2.56. The van der Waals surface area contributed by atoms with Gasteiger partial charge in [0.15, 0.2) is 6.10 Å². The second kappa shape index (κ2) is 9.08. The summed E-state index contributed by atoms with van der Waals surface area (Å²) in [6, 6.07) is 10.5. The summed E-state index contributed by atoms with van der Waals surface area (Å²) in [7, 11) is 0. The van der Waals surface area contributed by atoms with Crippen LogP contribution < -0.4 is 5.32 Å². The molecule has 2 aromatic rings. The van der Waals surface area contributed by atoms with Gasteiger partial charge >= 0.3 is 5.97 Å². The van der Waals surface area contributed by atoms with Crippen molar-refractivity contribution in [3.8, 4) is 0 Å². The molecule has 0 aromatic heterocycles. The lowest BCUT2D eigenvalue weighted by Crippen LogP contribution is -2.29. The molecular weight excluding hydrogens is 397 g/mol. The van der Waals surface area contributed by atoms with Crippen molar-refractivity contribution in [2.45, 2.75) is 20.0 Å². The van der Waals surface area contributed by atoms with E-state index in [4.69, 9.17) is 39.5 Å². The number of carbonyl (C=O) groups excluding carboxylic acids is 2. The van der Waals surface area contributed by atoms with Crippen LogP contribution in [0.5, 0.6) is 0 Å². The van der Waals surface area contributed by atoms with E-state index < -0.39 is 18.0 Å². The standard InChI is InChI=1S/C19H16Cl3NO3/c1-11-4-3-5-13(8-11)6-7-17(24)26-12(2)19(25)23-18-15(21)9-14(20)10-16(18)22/h3-10,12H,1-2H3,(H,23,25)/b7-6+/t12-/m1/s1. The van der Waals surface area contributed by atoms with Crippen molar-refractivity contribution in [1.82, 2.24) is 0 Å². The molecule has 0 saturated heterocycles. The molecule has 7 heteroatoms. The second-order valence-corrected chi connectivity index (χ2v) is 6.81. The Hall–Kier alpha value is -2.01. The van der Waals surface area contributed by atoms with E-state index in [1.165, 1.54) is 25.1 Å². The smallest absolute Gasteiger partial charge is 0.331 e. The van der Waals surface area contributed by atoms with Gasteiger partial charge in [-0.3, -0.25) is 4.79 Å². The lowest BCUT2D eigenvalue weighted by molar-refractivity contribution is -0.148. The van der Waals surface area contributed by atoms with Crippen LogP contribution in [0.25, 0.3) is 6.08 Å². The van der Waals surface area contributed by atoms with Gasteiger partial charge in [0.25, 0.3) is 5.91 Å². The van der Waals surface area contributed by atoms with Gasteiger partial charge in [0.1, 0.15) is 0 Å². The number of halogens is 3. The van der Waals surface area contributed by atoms with Crippen molar-refractivity contribution in [2.75, 3.05) is 5.32 Å². The fourth-order valence-electron chi connectivity index (χ4n) is 2.09. The number of aryl methyl sites for hydroxylation is 1. The molecule has 26 heavy (non-hydrogen) atoms. The van der Waals surface area contributed by atoms with Crippen LogP contribution >= 0.6 is 34.8 Å². The van der Waals surface area contributed by atoms with E-state index in [1.807, 2.05) is 31.2 Å². The predicted molar refractivity (Wildman–Crippen MR) is 106 cm³/mol. The molecule has 136 valence electrons. The third kappa shape index (κ3) is 5.77. The maximum Gasteiger partial charge on any atom is 0.331 e. The van der Waals surface area contributed by atoms with E-state index in [2.05, 4.69) is 5.32 Å². The highest BCUT2D eigenvalue weighted by Gasteiger charge is 2.19. The Kier molecular flexibility index (Phi) is 7.09. The van der Waals surface area contributed by atoms with Crippen LogP contribution in [-0.4, -0.2) is 18.0 Å². The van der Waals surface area contributed by atoms with E-state index in [-0.39, 0.29) is 15.7 Å². The fraction of sp³-hybridized carbons (Fsp3) is 0.158. The molecular formula is C19H16Cl3NO3. The molecule has 0 heterocycles. The maximum absolute atomic E-state index is 12.2. The number of nitrogens with one attached hydrogen (secondary N) is 1. The van der Waals surface area contributed by atoms with Gasteiger partial charge < -0.3 is 10.1 Å². The largest absolute Gasteiger partial charge is 0.449 e. The summed E-state index contributed by atoms with van der Waals surface area (Å²) in [4.78, 5) is 24.1. The van der Waals surface area contributed by atoms with Crippen LogP contribution in [0.1, 0.15) is 18.1 Å². The van der Waals surface area contributed by atoms with Crippen LogP contribution in [0.3, 0.4) is 0 Å². The zero-order valence-electron chi connectivity index (χ0n) is 14.1. The van der Waals surface area contributed by atoms with Crippen molar-refractivity contribution in [2.24, 2.45) is 0 Å². The quantitative estimate of drug-likeness (QED) is 0.518. The summed E-state index contributed by atoms with van der Waals surface area (Å²) in [5, 5.41) is 3.25. The number of rotatable bonds is 5. The lowest BCUT2D eigenvalue weighted by Gasteiger charge is -2.14. The number of esters is 1. The highest BCUT2D eigenvalue weighted by Crippen LogP contribution is 2.33. The minimum absolute atomic E-state index is 0.189. The van der Waals surface area contributed by atoms with E-state index in [0.717, 1.165) is 11.1 Å². The second-order valence-electron chi connectivity index (χ2n) is 5.56. The topological polar surface area (TPSA) is 55.4 Å². The molecule has 1 N–H and O–H groups in total. The zero-order chi connectivity index (χ0) is 19.3. The molecule has 0 saturated carbocycles. The Labute approximate surface area is 166 Å². The number of hydrogen-bond donors (Lipinski definition) is 1. The van der Waals surface area contributed by atoms with Crippen molar-refractivity contribution < 1.29 is 14.3 Å². The average molecular weight is 413 g/mol. The molecule has 0 unspecified atom stereocenters. The Bertz CT molecular complexity index is 842. The third-order valence-corrected chi connectivity index (χ3v) is 4.19. The normalized spacial score (nSPS) is 12.0. The molecule has 0 aliphatic heterocycles. The van der Waals surface area contributed by atoms with E-state index in [0.29, 0.717) is 5.02 Å². The lowest BCUT2D eigenvalue weighted by atomic mass is 10.1. The first-order valence-electron chi connectivity index (χ1n) is 7.67. The number of carbonyl (C=O) groups is 2. The van der Waals surface area contributed by atoms with Gasteiger partial charge in [-0.05, 0) is 37.6 Å². The molecule has 0 fully saturated rings. The van der Waals surface area contributed by atoms with Crippen molar-refractivity contribution >= 4 is 58.4 Å². The maximum atomic E-state index is 12.2. The van der Waals surface area contributed by atoms with Crippen LogP contribution in [0.2, 0.25) is 15.1 Å². The van der Waals surface area contributed by atoms with Gasteiger partial charge in [0.05, 0.1) is 15.7 Å². The molecule has 2 aromatic carbocycles. The number of ether oxygens (including phenoxy) is 1. The molecule has 0 aliphatic carbocycles. The summed E-state index contributed by atoms with van der Waals surface area (Å²) >= 11 is 17.9. The predicted octanol–water partition coefficient (Wildman–Crippen LogP) is 5.54. The molecule has 1 atom stereocenters. The Morgan fingerprint density at radius 3 is 2.38 bits per heavy atom. The highest BCUT2D eigenvalue weighted by atomic mass is 35.5.